The molecule has 2 rings (SSSR count). The van der Waals surface area contributed by atoms with Gasteiger partial charge in [-0.05, 0) is 45.8 Å². The first kappa shape index (κ1) is 16.1. The van der Waals surface area contributed by atoms with Crippen molar-refractivity contribution in [2.45, 2.75) is 6.04 Å². The molecule has 0 aliphatic carbocycles. The smallest absolute Gasteiger partial charge is 0.161 e. The van der Waals surface area contributed by atoms with E-state index < -0.39 is 11.9 Å². The molecule has 0 saturated heterocycles. The highest BCUT2D eigenvalue weighted by atomic mass is 79.9. The Hall–Kier alpha value is -1.30. The van der Waals surface area contributed by atoms with Crippen LogP contribution in [0.2, 0.25) is 5.02 Å². The van der Waals surface area contributed by atoms with Crippen LogP contribution in [0.5, 0.6) is 11.5 Å². The van der Waals surface area contributed by atoms with Crippen LogP contribution in [-0.2, 0) is 0 Å². The van der Waals surface area contributed by atoms with Gasteiger partial charge in [-0.2, -0.15) is 0 Å². The lowest BCUT2D eigenvalue weighted by atomic mass is 9.98. The Morgan fingerprint density at radius 3 is 2.43 bits per heavy atom. The van der Waals surface area contributed by atoms with Crippen LogP contribution in [0.25, 0.3) is 0 Å². The molecule has 0 aromatic heterocycles. The lowest BCUT2D eigenvalue weighted by Gasteiger charge is -2.16. The van der Waals surface area contributed by atoms with Crippen molar-refractivity contribution in [1.29, 1.82) is 0 Å². The van der Waals surface area contributed by atoms with Gasteiger partial charge in [-0.3, -0.25) is 0 Å². The van der Waals surface area contributed by atoms with Gasteiger partial charge in [0, 0.05) is 10.0 Å². The standard InChI is InChI=1S/C15H14BrClFNO2/c1-20-13-4-3-8(5-14(13)21-2)15(19)9-6-11(17)10(16)7-12(9)18/h3-7,15H,19H2,1-2H3. The molecular weight excluding hydrogens is 361 g/mol. The second-order valence-electron chi connectivity index (χ2n) is 4.38. The summed E-state index contributed by atoms with van der Waals surface area (Å²) in [5.74, 6) is 0.699. The van der Waals surface area contributed by atoms with Crippen LogP contribution in [0.1, 0.15) is 17.2 Å². The molecule has 0 aliphatic rings. The second-order valence-corrected chi connectivity index (χ2v) is 5.64. The monoisotopic (exact) mass is 373 g/mol. The zero-order valence-electron chi connectivity index (χ0n) is 11.5. The molecular formula is C15H14BrClFNO2. The third kappa shape index (κ3) is 3.31. The van der Waals surface area contributed by atoms with Crippen molar-refractivity contribution >= 4 is 27.5 Å². The lowest BCUT2D eigenvalue weighted by molar-refractivity contribution is 0.354. The highest BCUT2D eigenvalue weighted by Crippen LogP contribution is 2.34. The SMILES string of the molecule is COc1ccc(C(N)c2cc(Cl)c(Br)cc2F)cc1OC. The van der Waals surface area contributed by atoms with Gasteiger partial charge in [0.2, 0.25) is 0 Å². The zero-order chi connectivity index (χ0) is 15.6. The molecule has 0 bridgehead atoms. The zero-order valence-corrected chi connectivity index (χ0v) is 13.8. The summed E-state index contributed by atoms with van der Waals surface area (Å²) in [7, 11) is 3.08. The van der Waals surface area contributed by atoms with Gasteiger partial charge >= 0.3 is 0 Å². The van der Waals surface area contributed by atoms with Crippen molar-refractivity contribution in [3.05, 3.63) is 56.8 Å². The lowest BCUT2D eigenvalue weighted by Crippen LogP contribution is -2.14. The summed E-state index contributed by atoms with van der Waals surface area (Å²) in [5, 5.41) is 0.405. The molecule has 21 heavy (non-hydrogen) atoms. The number of halogens is 3. The fourth-order valence-electron chi connectivity index (χ4n) is 2.00. The minimum Gasteiger partial charge on any atom is -0.493 e. The number of benzene rings is 2. The molecule has 0 spiro atoms. The van der Waals surface area contributed by atoms with Gasteiger partial charge in [0.15, 0.2) is 11.5 Å². The van der Waals surface area contributed by atoms with Gasteiger partial charge in [0.1, 0.15) is 5.82 Å². The largest absolute Gasteiger partial charge is 0.493 e. The fraction of sp³-hybridized carbons (Fsp3) is 0.200. The summed E-state index contributed by atoms with van der Waals surface area (Å²) in [4.78, 5) is 0. The number of rotatable bonds is 4. The predicted octanol–water partition coefficient (Wildman–Crippen LogP) is 4.31. The van der Waals surface area contributed by atoms with Gasteiger partial charge < -0.3 is 15.2 Å². The highest BCUT2D eigenvalue weighted by Gasteiger charge is 2.17. The molecule has 0 saturated carbocycles. The molecule has 2 aromatic carbocycles. The van der Waals surface area contributed by atoms with E-state index >= 15 is 0 Å². The highest BCUT2D eigenvalue weighted by molar-refractivity contribution is 9.10. The van der Waals surface area contributed by atoms with Crippen molar-refractivity contribution < 1.29 is 13.9 Å². The maximum absolute atomic E-state index is 14.1. The van der Waals surface area contributed by atoms with E-state index in [1.807, 2.05) is 0 Å². The van der Waals surface area contributed by atoms with Crippen LogP contribution < -0.4 is 15.2 Å². The van der Waals surface area contributed by atoms with Gasteiger partial charge in [-0.15, -0.1) is 0 Å². The average molecular weight is 375 g/mol. The van der Waals surface area contributed by atoms with Gasteiger partial charge in [0.25, 0.3) is 0 Å². The topological polar surface area (TPSA) is 44.5 Å². The van der Waals surface area contributed by atoms with Crippen molar-refractivity contribution in [1.82, 2.24) is 0 Å². The number of methoxy groups -OCH3 is 2. The maximum atomic E-state index is 14.1. The van der Waals surface area contributed by atoms with E-state index in [-0.39, 0.29) is 0 Å². The molecule has 2 aromatic rings. The Morgan fingerprint density at radius 2 is 1.81 bits per heavy atom. The van der Waals surface area contributed by atoms with Crippen LogP contribution in [0.3, 0.4) is 0 Å². The summed E-state index contributed by atoms with van der Waals surface area (Å²) in [5.41, 5.74) is 7.16. The van der Waals surface area contributed by atoms with E-state index in [4.69, 9.17) is 26.8 Å². The van der Waals surface area contributed by atoms with Crippen molar-refractivity contribution in [3.8, 4) is 11.5 Å². The molecule has 0 fully saturated rings. The average Bonchev–Trinajstić information content (AvgIpc) is 2.49. The Balaban J connectivity index is 2.45. The first-order valence-corrected chi connectivity index (χ1v) is 7.27. The molecule has 0 amide bonds. The molecule has 112 valence electrons. The molecule has 3 nitrogen and oxygen atoms in total. The van der Waals surface area contributed by atoms with E-state index in [9.17, 15) is 4.39 Å². The van der Waals surface area contributed by atoms with Crippen LogP contribution in [0.4, 0.5) is 4.39 Å². The Bertz CT molecular complexity index is 666. The molecule has 2 N–H and O–H groups in total. The van der Waals surface area contributed by atoms with Crippen LogP contribution in [0.15, 0.2) is 34.8 Å². The summed E-state index contributed by atoms with van der Waals surface area (Å²) in [6, 6.07) is 7.38. The number of nitrogens with two attached hydrogens (primary N) is 1. The summed E-state index contributed by atoms with van der Waals surface area (Å²) in [6.07, 6.45) is 0. The van der Waals surface area contributed by atoms with Crippen molar-refractivity contribution in [2.75, 3.05) is 14.2 Å². The summed E-state index contributed by atoms with van der Waals surface area (Å²) < 4.78 is 25.0. The van der Waals surface area contributed by atoms with Gasteiger partial charge in [0.05, 0.1) is 25.3 Å². The number of ether oxygens (including phenoxy) is 2. The molecule has 6 heteroatoms. The van der Waals surface area contributed by atoms with Crippen LogP contribution >= 0.6 is 27.5 Å². The van der Waals surface area contributed by atoms with E-state index in [1.165, 1.54) is 19.2 Å². The Kier molecular flexibility index (Phi) is 5.08. The third-order valence-electron chi connectivity index (χ3n) is 3.14. The van der Waals surface area contributed by atoms with Crippen LogP contribution in [0, 0.1) is 5.82 Å². The minimum atomic E-state index is -0.657. The summed E-state index contributed by atoms with van der Waals surface area (Å²) in [6.45, 7) is 0. The van der Waals surface area contributed by atoms with E-state index in [2.05, 4.69) is 15.9 Å². The molecule has 0 aliphatic heterocycles. The first-order chi connectivity index (χ1) is 9.97. The van der Waals surface area contributed by atoms with E-state index in [0.29, 0.717) is 32.1 Å². The molecule has 0 radical (unpaired) electrons. The fourth-order valence-corrected chi connectivity index (χ4v) is 2.49. The first-order valence-electron chi connectivity index (χ1n) is 6.10. The van der Waals surface area contributed by atoms with Crippen molar-refractivity contribution in [3.63, 3.8) is 0 Å². The maximum Gasteiger partial charge on any atom is 0.161 e. The Labute approximate surface area is 135 Å². The molecule has 1 unspecified atom stereocenters. The second kappa shape index (κ2) is 6.64. The predicted molar refractivity (Wildman–Crippen MR) is 84.7 cm³/mol. The van der Waals surface area contributed by atoms with Gasteiger partial charge in [-0.1, -0.05) is 17.7 Å². The third-order valence-corrected chi connectivity index (χ3v) is 4.34. The van der Waals surface area contributed by atoms with Crippen LogP contribution in [-0.4, -0.2) is 14.2 Å². The molecule has 1 atom stereocenters. The minimum absolute atomic E-state index is 0.315. The molecule has 0 heterocycles. The quantitative estimate of drug-likeness (QED) is 0.811. The van der Waals surface area contributed by atoms with E-state index in [1.54, 1.807) is 25.3 Å². The number of hydrogen-bond donors (Lipinski definition) is 1. The van der Waals surface area contributed by atoms with Gasteiger partial charge in [-0.25, -0.2) is 4.39 Å². The van der Waals surface area contributed by atoms with E-state index in [0.717, 1.165) is 0 Å². The summed E-state index contributed by atoms with van der Waals surface area (Å²) >= 11 is 9.19. The Morgan fingerprint density at radius 1 is 1.14 bits per heavy atom. The number of hydrogen-bond acceptors (Lipinski definition) is 3. The van der Waals surface area contributed by atoms with Crippen molar-refractivity contribution in [2.24, 2.45) is 5.73 Å². The normalized spacial score (nSPS) is 12.1.